The van der Waals surface area contributed by atoms with Crippen molar-refractivity contribution in [1.29, 1.82) is 0 Å². The summed E-state index contributed by atoms with van der Waals surface area (Å²) in [5.74, 6) is 0. The molecule has 0 spiro atoms. The van der Waals surface area contributed by atoms with Crippen molar-refractivity contribution in [3.8, 4) is 0 Å². The van der Waals surface area contributed by atoms with Crippen LogP contribution in [0.3, 0.4) is 0 Å². The van der Waals surface area contributed by atoms with Crippen LogP contribution in [0.1, 0.15) is 0 Å². The Labute approximate surface area is 122 Å². The van der Waals surface area contributed by atoms with E-state index in [1.807, 2.05) is 0 Å². The molecule has 0 unspecified atom stereocenters. The summed E-state index contributed by atoms with van der Waals surface area (Å²) in [7, 11) is -6.00. The van der Waals surface area contributed by atoms with E-state index >= 15 is 0 Å². The highest BCUT2D eigenvalue weighted by Crippen LogP contribution is 2.16. The van der Waals surface area contributed by atoms with Crippen LogP contribution in [0.25, 0.3) is 0 Å². The first-order valence-electron chi connectivity index (χ1n) is 6.01. The highest BCUT2D eigenvalue weighted by Gasteiger charge is 2.45. The van der Waals surface area contributed by atoms with Gasteiger partial charge in [0.05, 0.1) is 0 Å². The van der Waals surface area contributed by atoms with Gasteiger partial charge in [-0.05, 0) is 24.3 Å². The molecule has 0 saturated heterocycles. The Kier molecular flexibility index (Phi) is 5.98. The van der Waals surface area contributed by atoms with Crippen molar-refractivity contribution < 1.29 is 35.3 Å². The lowest BCUT2D eigenvalue weighted by atomic mass is 10.2. The van der Waals surface area contributed by atoms with Crippen molar-refractivity contribution in [3.05, 3.63) is 60.7 Å². The molecule has 0 bridgehead atoms. The van der Waals surface area contributed by atoms with Crippen molar-refractivity contribution in [2.75, 3.05) is 0 Å². The van der Waals surface area contributed by atoms with Gasteiger partial charge in [0.15, 0.2) is 0 Å². The Bertz CT molecular complexity index is 509. The molecule has 0 aliphatic rings. The van der Waals surface area contributed by atoms with E-state index in [1.165, 1.54) is 24.3 Å². The average molecular weight is 325 g/mol. The third-order valence-corrected chi connectivity index (χ3v) is 2.41. The van der Waals surface area contributed by atoms with Gasteiger partial charge in [0.2, 0.25) is 0 Å². The molecule has 0 aromatic heterocycles. The lowest BCUT2D eigenvalue weighted by Gasteiger charge is -2.20. The fourth-order valence-electron chi connectivity index (χ4n) is 1.70. The van der Waals surface area contributed by atoms with Crippen LogP contribution in [0.4, 0.5) is 41.8 Å². The molecule has 0 radical (unpaired) electrons. The summed E-state index contributed by atoms with van der Waals surface area (Å²) in [5.41, 5.74) is 0.373. The van der Waals surface area contributed by atoms with E-state index in [9.17, 15) is 30.4 Å². The minimum absolute atomic E-state index is 0.186. The van der Waals surface area contributed by atoms with Gasteiger partial charge < -0.3 is 17.3 Å². The topological polar surface area (TPSA) is 4.44 Å². The van der Waals surface area contributed by atoms with Gasteiger partial charge in [-0.15, -0.1) is 13.2 Å². The average Bonchev–Trinajstić information content (AvgIpc) is 2.38. The second kappa shape index (κ2) is 7.30. The zero-order valence-electron chi connectivity index (χ0n) is 11.0. The van der Waals surface area contributed by atoms with E-state index in [0.29, 0.717) is 0 Å². The number of quaternary nitrogens is 1. The second-order valence-electron chi connectivity index (χ2n) is 4.10. The van der Waals surface area contributed by atoms with Crippen LogP contribution < -0.4 is 4.90 Å². The minimum atomic E-state index is -6.00. The molecule has 2 aromatic carbocycles. The fourth-order valence-corrected chi connectivity index (χ4v) is 1.70. The summed E-state index contributed by atoms with van der Waals surface area (Å²) < 4.78 is 78.2. The van der Waals surface area contributed by atoms with E-state index in [2.05, 4.69) is 0 Å². The molecule has 0 aliphatic heterocycles. The molecular formula is C13H11BF7N. The van der Waals surface area contributed by atoms with E-state index in [4.69, 9.17) is 0 Å². The lowest BCUT2D eigenvalue weighted by Crippen LogP contribution is -3.09. The number of benzene rings is 2. The SMILES string of the molecule is FC(F)(F)[NH+](c1ccccc1)c1ccccc1.F[B-](F)(F)F. The van der Waals surface area contributed by atoms with Crippen molar-refractivity contribution in [2.24, 2.45) is 0 Å². The zero-order valence-corrected chi connectivity index (χ0v) is 11.0. The summed E-state index contributed by atoms with van der Waals surface area (Å²) in [6, 6.07) is 15.7. The first-order chi connectivity index (χ1) is 10.1. The van der Waals surface area contributed by atoms with Crippen LogP contribution in [0.5, 0.6) is 0 Å². The molecule has 0 atom stereocenters. The smallest absolute Gasteiger partial charge is 0.418 e. The third-order valence-electron chi connectivity index (χ3n) is 2.41. The van der Waals surface area contributed by atoms with Crippen molar-refractivity contribution in [1.82, 2.24) is 0 Å². The molecule has 120 valence electrons. The Balaban J connectivity index is 0.000000422. The Morgan fingerprint density at radius 3 is 1.14 bits per heavy atom. The number of hydrogen-bond donors (Lipinski definition) is 1. The van der Waals surface area contributed by atoms with E-state index in [0.717, 1.165) is 0 Å². The van der Waals surface area contributed by atoms with Gasteiger partial charge in [-0.3, -0.25) is 0 Å². The molecule has 0 saturated carbocycles. The Morgan fingerprint density at radius 2 is 0.909 bits per heavy atom. The van der Waals surface area contributed by atoms with Crippen LogP contribution in [0.15, 0.2) is 60.7 Å². The molecule has 0 heterocycles. The van der Waals surface area contributed by atoms with Crippen LogP contribution in [0.2, 0.25) is 0 Å². The van der Waals surface area contributed by atoms with Gasteiger partial charge in [-0.2, -0.15) is 4.90 Å². The second-order valence-corrected chi connectivity index (χ2v) is 4.10. The molecule has 2 aromatic rings. The summed E-state index contributed by atoms with van der Waals surface area (Å²) in [6.07, 6.45) is -4.36. The van der Waals surface area contributed by atoms with E-state index in [1.54, 1.807) is 36.4 Å². The standard InChI is InChI=1S/C13H10F3N.BF4/c14-13(15,16)17(11-7-3-1-4-8-11)12-9-5-2-6-10-12;2-1(3,4)5/h1-10H;/q;-1/p+1. The van der Waals surface area contributed by atoms with Gasteiger partial charge in [0.25, 0.3) is 0 Å². The number of alkyl halides is 3. The number of para-hydroxylation sites is 2. The number of rotatable bonds is 2. The molecule has 0 aliphatic carbocycles. The van der Waals surface area contributed by atoms with E-state index < -0.39 is 18.5 Å². The zero-order chi connectivity index (χ0) is 16.8. The largest absolute Gasteiger partial charge is 0.673 e. The number of halogens is 7. The monoisotopic (exact) mass is 325 g/mol. The normalized spacial score (nSPS) is 11.8. The quantitative estimate of drug-likeness (QED) is 0.476. The van der Waals surface area contributed by atoms with E-state index in [-0.39, 0.29) is 11.4 Å². The maximum Gasteiger partial charge on any atom is 0.673 e. The first kappa shape index (κ1) is 18.0. The van der Waals surface area contributed by atoms with Crippen LogP contribution >= 0.6 is 0 Å². The molecule has 22 heavy (non-hydrogen) atoms. The maximum atomic E-state index is 13.1. The Hall–Kier alpha value is -2.03. The highest BCUT2D eigenvalue weighted by atomic mass is 19.5. The molecular weight excluding hydrogens is 314 g/mol. The number of nitrogens with one attached hydrogen (secondary N) is 1. The van der Waals surface area contributed by atoms with Crippen molar-refractivity contribution in [3.63, 3.8) is 0 Å². The highest BCUT2D eigenvalue weighted by molar-refractivity contribution is 6.50. The molecule has 1 N–H and O–H groups in total. The summed E-state index contributed by atoms with van der Waals surface area (Å²) in [6.45, 7) is 0. The van der Waals surface area contributed by atoms with Crippen LogP contribution in [-0.4, -0.2) is 13.6 Å². The van der Waals surface area contributed by atoms with Gasteiger partial charge in [-0.1, -0.05) is 36.4 Å². The predicted octanol–water partition coefficient (Wildman–Crippen LogP) is 4.35. The first-order valence-corrected chi connectivity index (χ1v) is 6.01. The van der Waals surface area contributed by atoms with Crippen LogP contribution in [-0.2, 0) is 0 Å². The van der Waals surface area contributed by atoms with Crippen molar-refractivity contribution >= 4 is 18.6 Å². The van der Waals surface area contributed by atoms with Crippen LogP contribution in [0, 0.1) is 0 Å². The lowest BCUT2D eigenvalue weighted by molar-refractivity contribution is -0.898. The molecule has 1 nitrogen and oxygen atoms in total. The molecule has 9 heteroatoms. The van der Waals surface area contributed by atoms with Crippen molar-refractivity contribution in [2.45, 2.75) is 6.30 Å². The molecule has 0 amide bonds. The Morgan fingerprint density at radius 1 is 0.636 bits per heavy atom. The summed E-state index contributed by atoms with van der Waals surface area (Å²) >= 11 is 0. The van der Waals surface area contributed by atoms with Gasteiger partial charge in [0.1, 0.15) is 11.4 Å². The predicted molar refractivity (Wildman–Crippen MR) is 69.4 cm³/mol. The molecule has 0 fully saturated rings. The summed E-state index contributed by atoms with van der Waals surface area (Å²) in [5, 5.41) is 0. The minimum Gasteiger partial charge on any atom is -0.418 e. The van der Waals surface area contributed by atoms with Gasteiger partial charge >= 0.3 is 13.6 Å². The maximum absolute atomic E-state index is 13.1. The molecule has 2 rings (SSSR count). The fraction of sp³-hybridized carbons (Fsp3) is 0.0769. The number of hydrogen-bond acceptors (Lipinski definition) is 0. The van der Waals surface area contributed by atoms with Gasteiger partial charge in [0, 0.05) is 0 Å². The van der Waals surface area contributed by atoms with Gasteiger partial charge in [-0.25, -0.2) is 0 Å². The summed E-state index contributed by atoms with van der Waals surface area (Å²) in [4.78, 5) is -0.598. The third kappa shape index (κ3) is 6.62.